The van der Waals surface area contributed by atoms with Crippen molar-refractivity contribution in [1.82, 2.24) is 4.98 Å². The molecule has 0 aliphatic rings. The lowest BCUT2D eigenvalue weighted by molar-refractivity contribution is -0.143. The maximum absolute atomic E-state index is 13.0. The molecule has 1 aromatic heterocycles. The van der Waals surface area contributed by atoms with Crippen molar-refractivity contribution < 1.29 is 49.4 Å². The second-order valence-electron chi connectivity index (χ2n) is 6.29. The number of hydrogen-bond donors (Lipinski definition) is 1. The quantitative estimate of drug-likeness (QED) is 0.577. The fraction of sp³-hybridized carbons (Fsp3) is 0.389. The largest absolute Gasteiger partial charge is 0.433 e. The molecule has 12 heteroatoms. The van der Waals surface area contributed by atoms with Gasteiger partial charge in [0.15, 0.2) is 0 Å². The van der Waals surface area contributed by atoms with Crippen LogP contribution in [0.15, 0.2) is 36.5 Å². The second-order valence-corrected chi connectivity index (χ2v) is 6.29. The molecule has 2 rings (SSSR count). The van der Waals surface area contributed by atoms with E-state index in [0.717, 1.165) is 19.4 Å². The highest BCUT2D eigenvalue weighted by Gasteiger charge is 2.38. The zero-order valence-corrected chi connectivity index (χ0v) is 15.0. The zero-order chi connectivity index (χ0) is 22.9. The minimum absolute atomic E-state index is 0.0947. The van der Waals surface area contributed by atoms with Crippen molar-refractivity contribution in [2.75, 3.05) is 7.11 Å². The molecule has 0 bridgehead atoms. The first-order valence-electron chi connectivity index (χ1n) is 8.16. The third kappa shape index (κ3) is 5.85. The molecule has 0 aliphatic carbocycles. The van der Waals surface area contributed by atoms with E-state index >= 15 is 0 Å². The predicted molar refractivity (Wildman–Crippen MR) is 85.0 cm³/mol. The molecule has 0 saturated carbocycles. The van der Waals surface area contributed by atoms with Crippen LogP contribution in [0, 0.1) is 0 Å². The molecule has 0 amide bonds. The van der Waals surface area contributed by atoms with Gasteiger partial charge in [-0.05, 0) is 41.5 Å². The number of nitrogens with zero attached hydrogens (tertiary/aromatic N) is 1. The van der Waals surface area contributed by atoms with Crippen LogP contribution in [0.25, 0.3) is 0 Å². The molecule has 0 radical (unpaired) electrons. The van der Waals surface area contributed by atoms with Gasteiger partial charge in [-0.15, -0.1) is 0 Å². The van der Waals surface area contributed by atoms with Crippen LogP contribution in [0.1, 0.15) is 46.6 Å². The monoisotopic (exact) mass is 447 g/mol. The number of halogens is 9. The third-order valence-corrected chi connectivity index (χ3v) is 4.16. The third-order valence-electron chi connectivity index (χ3n) is 4.16. The Kier molecular flexibility index (Phi) is 6.72. The summed E-state index contributed by atoms with van der Waals surface area (Å²) < 4.78 is 121. The number of hydrogen-bond acceptors (Lipinski definition) is 3. The molecule has 30 heavy (non-hydrogen) atoms. The topological polar surface area (TPSA) is 42.4 Å². The average molecular weight is 447 g/mol. The Labute approximate surface area is 164 Å². The van der Waals surface area contributed by atoms with Gasteiger partial charge in [0.2, 0.25) is 0 Å². The number of benzene rings is 1. The number of methoxy groups -OCH3 is 1. The van der Waals surface area contributed by atoms with Gasteiger partial charge in [-0.2, -0.15) is 39.5 Å². The Bertz CT molecular complexity index is 843. The van der Waals surface area contributed by atoms with Gasteiger partial charge in [-0.1, -0.05) is 0 Å². The Hall–Kier alpha value is -2.34. The first-order valence-corrected chi connectivity index (χ1v) is 8.16. The van der Waals surface area contributed by atoms with E-state index in [-0.39, 0.29) is 11.6 Å². The fourth-order valence-corrected chi connectivity index (χ4v) is 2.68. The van der Waals surface area contributed by atoms with Gasteiger partial charge in [0.25, 0.3) is 0 Å². The number of aliphatic hydroxyl groups is 1. The molecule has 0 fully saturated rings. The Balaban J connectivity index is 2.39. The maximum Gasteiger partial charge on any atom is 0.433 e. The fourth-order valence-electron chi connectivity index (χ4n) is 2.68. The van der Waals surface area contributed by atoms with E-state index < -0.39 is 59.5 Å². The molecule has 2 unspecified atom stereocenters. The number of ether oxygens (including phenoxy) is 1. The van der Waals surface area contributed by atoms with Crippen molar-refractivity contribution in [3.05, 3.63) is 64.5 Å². The average Bonchev–Trinajstić information content (AvgIpc) is 2.63. The molecule has 1 heterocycles. The van der Waals surface area contributed by atoms with Gasteiger partial charge in [-0.25, -0.2) is 0 Å². The van der Waals surface area contributed by atoms with E-state index in [4.69, 9.17) is 4.74 Å². The Morgan fingerprint density at radius 2 is 1.37 bits per heavy atom. The number of aromatic nitrogens is 1. The number of alkyl halides is 9. The van der Waals surface area contributed by atoms with E-state index in [1.54, 1.807) is 0 Å². The smallest absolute Gasteiger partial charge is 0.388 e. The standard InChI is InChI=1S/C18H14F9NO2/c1-30-14(9-2-3-28-15(6-9)18(25,26)27)8-13(29)10-4-11(16(19,20)21)7-12(5-10)17(22,23)24/h2-7,13-14,29H,8H2,1H3. The van der Waals surface area contributed by atoms with Gasteiger partial charge >= 0.3 is 18.5 Å². The van der Waals surface area contributed by atoms with E-state index in [0.29, 0.717) is 18.2 Å². The lowest BCUT2D eigenvalue weighted by Gasteiger charge is -2.22. The van der Waals surface area contributed by atoms with Gasteiger partial charge in [0.05, 0.1) is 23.3 Å². The van der Waals surface area contributed by atoms with Crippen molar-refractivity contribution in [3.63, 3.8) is 0 Å². The van der Waals surface area contributed by atoms with Gasteiger partial charge in [0, 0.05) is 19.7 Å². The SMILES string of the molecule is COC(CC(O)c1cc(C(F)(F)F)cc(C(F)(F)F)c1)c1ccnc(C(F)(F)F)c1. The van der Waals surface area contributed by atoms with Crippen LogP contribution in [-0.4, -0.2) is 17.2 Å². The minimum Gasteiger partial charge on any atom is -0.388 e. The molecular weight excluding hydrogens is 433 g/mol. The Morgan fingerprint density at radius 1 is 0.833 bits per heavy atom. The van der Waals surface area contributed by atoms with Crippen molar-refractivity contribution in [1.29, 1.82) is 0 Å². The molecule has 3 nitrogen and oxygen atoms in total. The summed E-state index contributed by atoms with van der Waals surface area (Å²) in [4.78, 5) is 3.15. The normalized spacial score (nSPS) is 15.2. The van der Waals surface area contributed by atoms with E-state index in [2.05, 4.69) is 4.98 Å². The van der Waals surface area contributed by atoms with E-state index in [1.165, 1.54) is 0 Å². The van der Waals surface area contributed by atoms with E-state index in [1.807, 2.05) is 0 Å². The molecule has 166 valence electrons. The zero-order valence-electron chi connectivity index (χ0n) is 15.0. The van der Waals surface area contributed by atoms with E-state index in [9.17, 15) is 44.6 Å². The molecule has 1 aromatic carbocycles. The van der Waals surface area contributed by atoms with Crippen LogP contribution in [0.2, 0.25) is 0 Å². The highest BCUT2D eigenvalue weighted by atomic mass is 19.4. The molecular formula is C18H14F9NO2. The summed E-state index contributed by atoms with van der Waals surface area (Å²) in [6.07, 6.45) is -17.9. The van der Waals surface area contributed by atoms with Gasteiger partial charge in [-0.3, -0.25) is 4.98 Å². The highest BCUT2D eigenvalue weighted by Crippen LogP contribution is 2.39. The van der Waals surface area contributed by atoms with Crippen LogP contribution in [-0.2, 0) is 23.3 Å². The van der Waals surface area contributed by atoms with Crippen LogP contribution in [0.5, 0.6) is 0 Å². The number of pyridine rings is 1. The van der Waals surface area contributed by atoms with Crippen molar-refractivity contribution in [3.8, 4) is 0 Å². The van der Waals surface area contributed by atoms with Crippen molar-refractivity contribution >= 4 is 0 Å². The molecule has 2 aromatic rings. The maximum atomic E-state index is 13.0. The summed E-state index contributed by atoms with van der Waals surface area (Å²) in [5.41, 5.74) is -5.33. The summed E-state index contributed by atoms with van der Waals surface area (Å²) in [6, 6.07) is 2.35. The van der Waals surface area contributed by atoms with Gasteiger partial charge in [0.1, 0.15) is 5.69 Å². The molecule has 1 N–H and O–H groups in total. The lowest BCUT2D eigenvalue weighted by Crippen LogP contribution is -2.15. The first-order chi connectivity index (χ1) is 13.6. The summed E-state index contributed by atoms with van der Waals surface area (Å²) >= 11 is 0. The molecule has 2 atom stereocenters. The van der Waals surface area contributed by atoms with Gasteiger partial charge < -0.3 is 9.84 Å². The molecule has 0 aliphatic heterocycles. The van der Waals surface area contributed by atoms with Crippen LogP contribution in [0.3, 0.4) is 0 Å². The number of aliphatic hydroxyl groups excluding tert-OH is 1. The lowest BCUT2D eigenvalue weighted by atomic mass is 9.95. The highest BCUT2D eigenvalue weighted by molar-refractivity contribution is 5.35. The Morgan fingerprint density at radius 3 is 1.80 bits per heavy atom. The molecule has 0 saturated heterocycles. The minimum atomic E-state index is -5.11. The first kappa shape index (κ1) is 23.9. The second kappa shape index (κ2) is 8.42. The van der Waals surface area contributed by atoms with Crippen molar-refractivity contribution in [2.45, 2.75) is 37.2 Å². The van der Waals surface area contributed by atoms with Crippen LogP contribution in [0.4, 0.5) is 39.5 Å². The summed E-state index contributed by atoms with van der Waals surface area (Å²) in [6.45, 7) is 0. The summed E-state index contributed by atoms with van der Waals surface area (Å²) in [5, 5.41) is 10.2. The summed E-state index contributed by atoms with van der Waals surface area (Å²) in [7, 11) is 1.07. The number of rotatable bonds is 5. The predicted octanol–water partition coefficient (Wildman–Crippen LogP) is 5.95. The molecule has 0 spiro atoms. The van der Waals surface area contributed by atoms with Crippen molar-refractivity contribution in [2.24, 2.45) is 0 Å². The summed E-state index contributed by atoms with van der Waals surface area (Å²) in [5.74, 6) is 0. The van der Waals surface area contributed by atoms with Crippen LogP contribution < -0.4 is 0 Å². The van der Waals surface area contributed by atoms with Crippen LogP contribution >= 0.6 is 0 Å².